The van der Waals surface area contributed by atoms with E-state index in [1.807, 2.05) is 12.1 Å². The highest BCUT2D eigenvalue weighted by atomic mass is 35.5. The number of rotatable bonds is 4. The van der Waals surface area contributed by atoms with Crippen LogP contribution < -0.4 is 16.0 Å². The SMILES string of the molecule is CC1CNCCC1NC(=O)c1cccc(NC(=O)C2CC2)c1.Cl. The number of anilines is 1. The molecule has 0 radical (unpaired) electrons. The first-order valence-corrected chi connectivity index (χ1v) is 8.06. The average Bonchev–Trinajstić information content (AvgIpc) is 3.34. The number of carbonyl (C=O) groups is 2. The highest BCUT2D eigenvalue weighted by Crippen LogP contribution is 2.30. The quantitative estimate of drug-likeness (QED) is 0.788. The van der Waals surface area contributed by atoms with Crippen LogP contribution in [0.25, 0.3) is 0 Å². The molecule has 0 aromatic heterocycles. The first-order chi connectivity index (χ1) is 10.6. The van der Waals surface area contributed by atoms with E-state index in [9.17, 15) is 9.59 Å². The van der Waals surface area contributed by atoms with Crippen LogP contribution in [-0.2, 0) is 4.79 Å². The van der Waals surface area contributed by atoms with Gasteiger partial charge in [0.25, 0.3) is 5.91 Å². The van der Waals surface area contributed by atoms with E-state index < -0.39 is 0 Å². The van der Waals surface area contributed by atoms with Gasteiger partial charge in [-0.25, -0.2) is 0 Å². The normalized spacial score (nSPS) is 23.5. The predicted molar refractivity (Wildman–Crippen MR) is 92.9 cm³/mol. The minimum Gasteiger partial charge on any atom is -0.349 e. The van der Waals surface area contributed by atoms with Gasteiger partial charge in [0.2, 0.25) is 5.91 Å². The minimum absolute atomic E-state index is 0. The Kier molecular flexibility index (Phi) is 6.02. The third-order valence-corrected chi connectivity index (χ3v) is 4.44. The second-order valence-corrected chi connectivity index (χ2v) is 6.39. The summed E-state index contributed by atoms with van der Waals surface area (Å²) in [6, 6.07) is 7.38. The van der Waals surface area contributed by atoms with E-state index in [1.54, 1.807) is 12.1 Å². The average molecular weight is 338 g/mol. The summed E-state index contributed by atoms with van der Waals surface area (Å²) < 4.78 is 0. The summed E-state index contributed by atoms with van der Waals surface area (Å²) in [5.41, 5.74) is 1.29. The zero-order valence-electron chi connectivity index (χ0n) is 13.3. The lowest BCUT2D eigenvalue weighted by Gasteiger charge is -2.30. The minimum atomic E-state index is -0.0683. The molecule has 2 amide bonds. The Hall–Kier alpha value is -1.59. The van der Waals surface area contributed by atoms with Crippen molar-refractivity contribution in [2.45, 2.75) is 32.2 Å². The Morgan fingerprint density at radius 3 is 2.70 bits per heavy atom. The Balaban J connectivity index is 0.00000192. The summed E-state index contributed by atoms with van der Waals surface area (Å²) in [6.45, 7) is 4.01. The summed E-state index contributed by atoms with van der Waals surface area (Å²) in [4.78, 5) is 24.2. The van der Waals surface area contributed by atoms with Crippen LogP contribution in [0.2, 0.25) is 0 Å². The number of nitrogens with one attached hydrogen (secondary N) is 3. The molecule has 5 nitrogen and oxygen atoms in total. The van der Waals surface area contributed by atoms with Gasteiger partial charge in [0.05, 0.1) is 0 Å². The van der Waals surface area contributed by atoms with Gasteiger partial charge in [-0.1, -0.05) is 13.0 Å². The van der Waals surface area contributed by atoms with E-state index in [0.29, 0.717) is 17.2 Å². The van der Waals surface area contributed by atoms with Crippen LogP contribution >= 0.6 is 12.4 Å². The summed E-state index contributed by atoms with van der Waals surface area (Å²) in [7, 11) is 0. The molecule has 3 rings (SSSR count). The number of piperidine rings is 1. The van der Waals surface area contributed by atoms with Crippen molar-refractivity contribution in [2.24, 2.45) is 11.8 Å². The number of benzene rings is 1. The van der Waals surface area contributed by atoms with Crippen LogP contribution in [0.5, 0.6) is 0 Å². The lowest BCUT2D eigenvalue weighted by Crippen LogP contribution is -2.48. The van der Waals surface area contributed by atoms with E-state index >= 15 is 0 Å². The molecule has 2 unspecified atom stereocenters. The highest BCUT2D eigenvalue weighted by molar-refractivity contribution is 5.98. The molecule has 2 atom stereocenters. The molecular weight excluding hydrogens is 314 g/mol. The Labute approximate surface area is 143 Å². The smallest absolute Gasteiger partial charge is 0.251 e. The van der Waals surface area contributed by atoms with Crippen LogP contribution in [0.4, 0.5) is 5.69 Å². The molecular formula is C17H24ClN3O2. The van der Waals surface area contributed by atoms with Gasteiger partial charge in [-0.2, -0.15) is 0 Å². The zero-order valence-corrected chi connectivity index (χ0v) is 14.1. The van der Waals surface area contributed by atoms with Crippen LogP contribution in [-0.4, -0.2) is 30.9 Å². The lowest BCUT2D eigenvalue weighted by atomic mass is 9.95. The van der Waals surface area contributed by atoms with Crippen molar-refractivity contribution < 1.29 is 9.59 Å². The van der Waals surface area contributed by atoms with E-state index in [2.05, 4.69) is 22.9 Å². The van der Waals surface area contributed by atoms with Crippen LogP contribution in [0.1, 0.15) is 36.5 Å². The predicted octanol–water partition coefficient (Wildman–Crippen LogP) is 2.18. The lowest BCUT2D eigenvalue weighted by molar-refractivity contribution is -0.117. The fourth-order valence-electron chi connectivity index (χ4n) is 2.81. The monoisotopic (exact) mass is 337 g/mol. The van der Waals surface area contributed by atoms with E-state index in [1.165, 1.54) is 0 Å². The second-order valence-electron chi connectivity index (χ2n) is 6.39. The molecule has 126 valence electrons. The molecule has 1 aromatic carbocycles. The van der Waals surface area contributed by atoms with Crippen molar-refractivity contribution >= 4 is 29.9 Å². The molecule has 1 saturated carbocycles. The van der Waals surface area contributed by atoms with Crippen molar-refractivity contribution in [3.05, 3.63) is 29.8 Å². The van der Waals surface area contributed by atoms with Crippen LogP contribution in [0.15, 0.2) is 24.3 Å². The van der Waals surface area contributed by atoms with E-state index in [0.717, 1.165) is 32.4 Å². The standard InChI is InChI=1S/C17H23N3O2.ClH/c1-11-10-18-8-7-15(11)20-17(22)13-3-2-4-14(9-13)19-16(21)12-5-6-12;/h2-4,9,11-12,15,18H,5-8,10H2,1H3,(H,19,21)(H,20,22);1H. The number of hydrogen-bond acceptors (Lipinski definition) is 3. The number of hydrogen-bond donors (Lipinski definition) is 3. The fraction of sp³-hybridized carbons (Fsp3) is 0.529. The van der Waals surface area contributed by atoms with Gasteiger partial charge in [0.15, 0.2) is 0 Å². The molecule has 0 bridgehead atoms. The molecule has 1 saturated heterocycles. The third-order valence-electron chi connectivity index (χ3n) is 4.44. The molecule has 23 heavy (non-hydrogen) atoms. The molecule has 1 aromatic rings. The van der Waals surface area contributed by atoms with Crippen molar-refractivity contribution in [3.8, 4) is 0 Å². The van der Waals surface area contributed by atoms with Crippen molar-refractivity contribution in [1.82, 2.24) is 10.6 Å². The third kappa shape index (κ3) is 4.69. The molecule has 1 aliphatic heterocycles. The van der Waals surface area contributed by atoms with Crippen LogP contribution in [0.3, 0.4) is 0 Å². The molecule has 0 spiro atoms. The Morgan fingerprint density at radius 2 is 2.00 bits per heavy atom. The maximum absolute atomic E-state index is 12.4. The summed E-state index contributed by atoms with van der Waals surface area (Å²) in [5.74, 6) is 0.578. The molecule has 1 aliphatic carbocycles. The van der Waals surface area contributed by atoms with E-state index in [-0.39, 0.29) is 36.2 Å². The van der Waals surface area contributed by atoms with Gasteiger partial charge in [-0.05, 0) is 56.5 Å². The largest absolute Gasteiger partial charge is 0.349 e. The number of halogens is 1. The second kappa shape index (κ2) is 7.79. The van der Waals surface area contributed by atoms with Crippen molar-refractivity contribution in [3.63, 3.8) is 0 Å². The molecule has 6 heteroatoms. The van der Waals surface area contributed by atoms with Gasteiger partial charge in [0.1, 0.15) is 0 Å². The number of carbonyl (C=O) groups excluding carboxylic acids is 2. The molecule has 3 N–H and O–H groups in total. The maximum Gasteiger partial charge on any atom is 0.251 e. The van der Waals surface area contributed by atoms with Crippen molar-refractivity contribution in [2.75, 3.05) is 18.4 Å². The maximum atomic E-state index is 12.4. The van der Waals surface area contributed by atoms with Crippen LogP contribution in [0, 0.1) is 11.8 Å². The van der Waals surface area contributed by atoms with Gasteiger partial charge in [-0.3, -0.25) is 9.59 Å². The van der Waals surface area contributed by atoms with Gasteiger partial charge < -0.3 is 16.0 Å². The summed E-state index contributed by atoms with van der Waals surface area (Å²) in [6.07, 6.45) is 2.89. The molecule has 2 fully saturated rings. The Morgan fingerprint density at radius 1 is 1.22 bits per heavy atom. The summed E-state index contributed by atoms with van der Waals surface area (Å²) in [5, 5.41) is 9.32. The van der Waals surface area contributed by atoms with Crippen molar-refractivity contribution in [1.29, 1.82) is 0 Å². The zero-order chi connectivity index (χ0) is 15.5. The van der Waals surface area contributed by atoms with E-state index in [4.69, 9.17) is 0 Å². The van der Waals surface area contributed by atoms with Gasteiger partial charge in [0, 0.05) is 23.2 Å². The Bertz CT molecular complexity index is 575. The topological polar surface area (TPSA) is 70.2 Å². The highest BCUT2D eigenvalue weighted by Gasteiger charge is 2.29. The number of amides is 2. The molecule has 2 aliphatic rings. The first kappa shape index (κ1) is 17.8. The van der Waals surface area contributed by atoms with Gasteiger partial charge >= 0.3 is 0 Å². The fourth-order valence-corrected chi connectivity index (χ4v) is 2.81. The van der Waals surface area contributed by atoms with Gasteiger partial charge in [-0.15, -0.1) is 12.4 Å². The molecule has 1 heterocycles. The first-order valence-electron chi connectivity index (χ1n) is 8.06. The summed E-state index contributed by atoms with van der Waals surface area (Å²) >= 11 is 0.